The van der Waals surface area contributed by atoms with Gasteiger partial charge in [0, 0.05) is 17.3 Å². The predicted octanol–water partition coefficient (Wildman–Crippen LogP) is 5.69. The van der Waals surface area contributed by atoms with Crippen molar-refractivity contribution < 1.29 is 26.7 Å². The fourth-order valence-electron chi connectivity index (χ4n) is 3.38. The Hall–Kier alpha value is -3.36. The first-order valence-corrected chi connectivity index (χ1v) is 9.45. The van der Waals surface area contributed by atoms with E-state index in [4.69, 9.17) is 0 Å². The van der Waals surface area contributed by atoms with Crippen molar-refractivity contribution in [3.63, 3.8) is 0 Å². The molecule has 9 heteroatoms. The summed E-state index contributed by atoms with van der Waals surface area (Å²) in [5.41, 5.74) is 2.39. The van der Waals surface area contributed by atoms with Crippen LogP contribution in [-0.4, -0.2) is 28.7 Å². The summed E-state index contributed by atoms with van der Waals surface area (Å²) in [6.07, 6.45) is -3.35. The Balaban J connectivity index is 1.47. The highest BCUT2D eigenvalue weighted by molar-refractivity contribution is 6.02. The van der Waals surface area contributed by atoms with E-state index in [1.807, 2.05) is 12.1 Å². The normalized spacial score (nSPS) is 16.3. The van der Waals surface area contributed by atoms with Gasteiger partial charge in [-0.15, -0.1) is 10.2 Å². The summed E-state index contributed by atoms with van der Waals surface area (Å²) < 4.78 is 69.1. The van der Waals surface area contributed by atoms with E-state index in [1.54, 1.807) is 12.1 Å². The van der Waals surface area contributed by atoms with E-state index in [0.29, 0.717) is 29.8 Å². The molecule has 3 aromatic rings. The minimum Gasteiger partial charge on any atom is -0.467 e. The molecule has 4 nitrogen and oxygen atoms in total. The van der Waals surface area contributed by atoms with Crippen molar-refractivity contribution in [1.82, 2.24) is 10.2 Å². The maximum Gasteiger partial charge on any atom is 0.422 e. The van der Waals surface area contributed by atoms with Gasteiger partial charge in [-0.05, 0) is 36.6 Å². The van der Waals surface area contributed by atoms with Crippen LogP contribution in [0.3, 0.4) is 0 Å². The van der Waals surface area contributed by atoms with Crippen molar-refractivity contribution >= 4 is 5.71 Å². The molecule has 2 aromatic carbocycles. The average Bonchev–Trinajstić information content (AvgIpc) is 3.22. The maximum absolute atomic E-state index is 14.0. The third-order valence-electron chi connectivity index (χ3n) is 4.83. The number of aliphatic imine (C=N–C) groups is 1. The Kier molecular flexibility index (Phi) is 5.67. The van der Waals surface area contributed by atoms with E-state index in [2.05, 4.69) is 19.9 Å². The molecular weight excluding hydrogens is 417 g/mol. The van der Waals surface area contributed by atoms with Crippen LogP contribution in [0.4, 0.5) is 22.0 Å². The van der Waals surface area contributed by atoms with E-state index in [9.17, 15) is 22.0 Å². The van der Waals surface area contributed by atoms with E-state index < -0.39 is 24.4 Å². The SMILES string of the molecule is Fc1cccc(F)c1C1=NC(c2ccc(-c3ccc(OCC(F)(F)F)nn3)cc2)CC1. The van der Waals surface area contributed by atoms with Crippen LogP contribution in [0.15, 0.2) is 59.6 Å². The van der Waals surface area contributed by atoms with Crippen LogP contribution >= 0.6 is 0 Å². The summed E-state index contributed by atoms with van der Waals surface area (Å²) in [4.78, 5) is 4.50. The van der Waals surface area contributed by atoms with Crippen LogP contribution in [0.5, 0.6) is 5.88 Å². The lowest BCUT2D eigenvalue weighted by molar-refractivity contribution is -0.154. The molecule has 1 unspecified atom stereocenters. The number of ether oxygens (including phenoxy) is 1. The van der Waals surface area contributed by atoms with Crippen LogP contribution in [0.2, 0.25) is 0 Å². The van der Waals surface area contributed by atoms with Crippen LogP contribution < -0.4 is 4.74 Å². The Labute approximate surface area is 174 Å². The van der Waals surface area contributed by atoms with Gasteiger partial charge >= 0.3 is 6.18 Å². The van der Waals surface area contributed by atoms with E-state index in [1.165, 1.54) is 30.3 Å². The van der Waals surface area contributed by atoms with E-state index >= 15 is 0 Å². The molecule has 0 bridgehead atoms. The number of hydrogen-bond donors (Lipinski definition) is 0. The fourth-order valence-corrected chi connectivity index (χ4v) is 3.38. The number of halogens is 5. The molecule has 31 heavy (non-hydrogen) atoms. The Morgan fingerprint density at radius 2 is 1.61 bits per heavy atom. The molecule has 0 amide bonds. The second kappa shape index (κ2) is 8.41. The molecule has 0 saturated heterocycles. The quantitative estimate of drug-likeness (QED) is 0.486. The monoisotopic (exact) mass is 433 g/mol. The molecule has 0 fully saturated rings. The van der Waals surface area contributed by atoms with E-state index in [-0.39, 0.29) is 17.5 Å². The Morgan fingerprint density at radius 1 is 0.903 bits per heavy atom. The van der Waals surface area contributed by atoms with Gasteiger partial charge in [0.15, 0.2) is 6.61 Å². The van der Waals surface area contributed by atoms with Crippen molar-refractivity contribution in [3.8, 4) is 17.1 Å². The molecule has 1 aromatic heterocycles. The first kappa shape index (κ1) is 20.9. The fraction of sp³-hybridized carbons (Fsp3) is 0.227. The van der Waals surface area contributed by atoms with Gasteiger partial charge in [-0.3, -0.25) is 4.99 Å². The summed E-state index contributed by atoms with van der Waals surface area (Å²) in [6, 6.07) is 13.6. The van der Waals surface area contributed by atoms with Crippen LogP contribution in [0.1, 0.15) is 30.0 Å². The minimum atomic E-state index is -4.45. The van der Waals surface area contributed by atoms with Crippen LogP contribution in [0.25, 0.3) is 11.3 Å². The molecule has 0 N–H and O–H groups in total. The van der Waals surface area contributed by atoms with Crippen molar-refractivity contribution in [2.45, 2.75) is 25.1 Å². The molecule has 1 atom stereocenters. The van der Waals surface area contributed by atoms with Crippen molar-refractivity contribution in [2.24, 2.45) is 4.99 Å². The molecule has 1 aliphatic heterocycles. The Bertz CT molecular complexity index is 1080. The highest BCUT2D eigenvalue weighted by Crippen LogP contribution is 2.33. The third-order valence-corrected chi connectivity index (χ3v) is 4.83. The lowest BCUT2D eigenvalue weighted by Crippen LogP contribution is -2.19. The number of aromatic nitrogens is 2. The van der Waals surface area contributed by atoms with Gasteiger partial charge in [-0.2, -0.15) is 13.2 Å². The van der Waals surface area contributed by atoms with Gasteiger partial charge in [-0.25, -0.2) is 8.78 Å². The first-order chi connectivity index (χ1) is 14.8. The average molecular weight is 433 g/mol. The standard InChI is InChI=1S/C22H16F5N3O/c23-15-2-1-3-16(24)21(15)19-9-8-17(28-19)13-4-6-14(7-5-13)18-10-11-20(30-29-18)31-12-22(25,26)27/h1-7,10-11,17H,8-9,12H2. The maximum atomic E-state index is 14.0. The number of rotatable bonds is 5. The molecule has 0 saturated carbocycles. The summed E-state index contributed by atoms with van der Waals surface area (Å²) in [7, 11) is 0. The zero-order valence-corrected chi connectivity index (χ0v) is 16.0. The lowest BCUT2D eigenvalue weighted by Gasteiger charge is -2.09. The molecule has 4 rings (SSSR count). The third kappa shape index (κ3) is 4.87. The van der Waals surface area contributed by atoms with Gasteiger partial charge in [0.1, 0.15) is 11.6 Å². The zero-order valence-electron chi connectivity index (χ0n) is 16.0. The number of benzene rings is 2. The summed E-state index contributed by atoms with van der Waals surface area (Å²) in [6.45, 7) is -1.43. The van der Waals surface area contributed by atoms with E-state index in [0.717, 1.165) is 5.56 Å². The van der Waals surface area contributed by atoms with Crippen molar-refractivity contribution in [3.05, 3.63) is 77.4 Å². The van der Waals surface area contributed by atoms with Crippen LogP contribution in [-0.2, 0) is 0 Å². The zero-order chi connectivity index (χ0) is 22.0. The Morgan fingerprint density at radius 3 is 2.23 bits per heavy atom. The highest BCUT2D eigenvalue weighted by Gasteiger charge is 2.28. The summed E-state index contributed by atoms with van der Waals surface area (Å²) in [5, 5.41) is 7.55. The minimum absolute atomic E-state index is 0.0790. The second-order valence-electron chi connectivity index (χ2n) is 7.01. The molecule has 1 aliphatic rings. The van der Waals surface area contributed by atoms with Gasteiger partial charge in [0.25, 0.3) is 0 Å². The van der Waals surface area contributed by atoms with Crippen molar-refractivity contribution in [2.75, 3.05) is 6.61 Å². The van der Waals surface area contributed by atoms with Gasteiger partial charge in [-0.1, -0.05) is 30.3 Å². The molecule has 0 spiro atoms. The molecule has 0 aliphatic carbocycles. The smallest absolute Gasteiger partial charge is 0.422 e. The van der Waals surface area contributed by atoms with Gasteiger partial charge in [0.05, 0.1) is 17.3 Å². The number of nitrogens with zero attached hydrogens (tertiary/aromatic N) is 3. The first-order valence-electron chi connectivity index (χ1n) is 9.45. The second-order valence-corrected chi connectivity index (χ2v) is 7.01. The number of hydrogen-bond acceptors (Lipinski definition) is 4. The van der Waals surface area contributed by atoms with Gasteiger partial charge in [0.2, 0.25) is 5.88 Å². The van der Waals surface area contributed by atoms with Gasteiger partial charge < -0.3 is 4.74 Å². The summed E-state index contributed by atoms with van der Waals surface area (Å²) in [5.74, 6) is -1.47. The molecule has 160 valence electrons. The number of alkyl halides is 3. The molecule has 2 heterocycles. The van der Waals surface area contributed by atoms with Crippen LogP contribution in [0, 0.1) is 11.6 Å². The molecule has 0 radical (unpaired) electrons. The largest absolute Gasteiger partial charge is 0.467 e. The molecular formula is C22H16F5N3O. The van der Waals surface area contributed by atoms with Crippen molar-refractivity contribution in [1.29, 1.82) is 0 Å². The highest BCUT2D eigenvalue weighted by atomic mass is 19.4. The predicted molar refractivity (Wildman–Crippen MR) is 104 cm³/mol. The lowest BCUT2D eigenvalue weighted by atomic mass is 10.0. The summed E-state index contributed by atoms with van der Waals surface area (Å²) >= 11 is 0. The topological polar surface area (TPSA) is 47.4 Å².